The van der Waals surface area contributed by atoms with Crippen LogP contribution in [-0.2, 0) is 0 Å². The van der Waals surface area contributed by atoms with E-state index in [4.69, 9.17) is 5.21 Å². The summed E-state index contributed by atoms with van der Waals surface area (Å²) in [7, 11) is 0. The van der Waals surface area contributed by atoms with E-state index >= 15 is 0 Å². The summed E-state index contributed by atoms with van der Waals surface area (Å²) in [6.45, 7) is 5.28. The summed E-state index contributed by atoms with van der Waals surface area (Å²) in [5, 5.41) is 26.1. The Morgan fingerprint density at radius 3 is 2.71 bits per heavy atom. The van der Waals surface area contributed by atoms with Crippen molar-refractivity contribution in [2.75, 3.05) is 6.54 Å². The highest BCUT2D eigenvalue weighted by Gasteiger charge is 2.28. The molecule has 0 saturated carbocycles. The number of carbonyl (C=O) groups excluding carboxylic acids is 1. The Balaban J connectivity index is 2.85. The standard InChI is InChI=1S/C16H22N4O4/c1-4-12(15(11(2)3)20(23)24)8-14(19-22)10-18-16(21)13-6-5-7-17-9-13/h5-9,11,15,22H,4,10H2,1-3H3,(H,18,21)/b12-8+,19-14-/t15-/m0/s1. The lowest BCUT2D eigenvalue weighted by Crippen LogP contribution is -2.31. The average molecular weight is 334 g/mol. The van der Waals surface area contributed by atoms with E-state index in [-0.39, 0.29) is 29.0 Å². The fourth-order valence-electron chi connectivity index (χ4n) is 2.30. The van der Waals surface area contributed by atoms with E-state index in [1.54, 1.807) is 39.1 Å². The molecule has 0 spiro atoms. The van der Waals surface area contributed by atoms with Gasteiger partial charge in [0.25, 0.3) is 5.91 Å². The van der Waals surface area contributed by atoms with Crippen LogP contribution in [0.4, 0.5) is 0 Å². The molecule has 1 rings (SSSR count). The number of nitrogens with one attached hydrogen (secondary N) is 1. The maximum absolute atomic E-state index is 12.0. The Hall–Kier alpha value is -2.77. The lowest BCUT2D eigenvalue weighted by Gasteiger charge is -2.16. The van der Waals surface area contributed by atoms with Gasteiger partial charge in [0.15, 0.2) is 0 Å². The number of nitro groups is 1. The molecule has 24 heavy (non-hydrogen) atoms. The minimum Gasteiger partial charge on any atom is -0.411 e. The monoisotopic (exact) mass is 334 g/mol. The normalized spacial score (nSPS) is 13.7. The lowest BCUT2D eigenvalue weighted by atomic mass is 9.93. The van der Waals surface area contributed by atoms with Gasteiger partial charge in [0.1, 0.15) is 0 Å². The van der Waals surface area contributed by atoms with Crippen molar-refractivity contribution >= 4 is 11.6 Å². The van der Waals surface area contributed by atoms with Gasteiger partial charge < -0.3 is 10.5 Å². The minimum absolute atomic E-state index is 0.0454. The summed E-state index contributed by atoms with van der Waals surface area (Å²) >= 11 is 0. The first-order chi connectivity index (χ1) is 11.4. The number of pyridine rings is 1. The van der Waals surface area contributed by atoms with E-state index in [9.17, 15) is 14.9 Å². The van der Waals surface area contributed by atoms with Crippen LogP contribution < -0.4 is 5.32 Å². The zero-order valence-electron chi connectivity index (χ0n) is 14.0. The van der Waals surface area contributed by atoms with Gasteiger partial charge in [0, 0.05) is 28.8 Å². The summed E-state index contributed by atoms with van der Waals surface area (Å²) in [6.07, 6.45) is 4.88. The number of amides is 1. The van der Waals surface area contributed by atoms with Crippen molar-refractivity contribution in [3.63, 3.8) is 0 Å². The van der Waals surface area contributed by atoms with Gasteiger partial charge in [-0.25, -0.2) is 0 Å². The Labute approximate surface area is 140 Å². The molecule has 8 heteroatoms. The molecule has 130 valence electrons. The minimum atomic E-state index is -0.860. The van der Waals surface area contributed by atoms with Crippen LogP contribution in [0.1, 0.15) is 37.6 Å². The molecule has 0 fully saturated rings. The third-order valence-corrected chi connectivity index (χ3v) is 3.48. The van der Waals surface area contributed by atoms with Crippen LogP contribution in [0, 0.1) is 16.0 Å². The first-order valence-electron chi connectivity index (χ1n) is 7.63. The van der Waals surface area contributed by atoms with Crippen molar-refractivity contribution in [2.45, 2.75) is 33.2 Å². The van der Waals surface area contributed by atoms with E-state index in [1.165, 1.54) is 12.3 Å². The van der Waals surface area contributed by atoms with Crippen molar-refractivity contribution in [3.05, 3.63) is 51.9 Å². The highest BCUT2D eigenvalue weighted by molar-refractivity contribution is 6.01. The first-order valence-corrected chi connectivity index (χ1v) is 7.63. The summed E-state index contributed by atoms with van der Waals surface area (Å²) in [5.74, 6) is -0.568. The van der Waals surface area contributed by atoms with Gasteiger partial charge in [-0.1, -0.05) is 25.9 Å². The van der Waals surface area contributed by atoms with Crippen LogP contribution in [0.15, 0.2) is 41.3 Å². The second-order valence-corrected chi connectivity index (χ2v) is 5.56. The predicted octanol–water partition coefficient (Wildman–Crippen LogP) is 2.28. The van der Waals surface area contributed by atoms with Crippen LogP contribution in [0.25, 0.3) is 0 Å². The quantitative estimate of drug-likeness (QED) is 0.327. The highest BCUT2D eigenvalue weighted by Crippen LogP contribution is 2.18. The van der Waals surface area contributed by atoms with Crippen molar-refractivity contribution in [1.29, 1.82) is 0 Å². The highest BCUT2D eigenvalue weighted by atomic mass is 16.6. The summed E-state index contributed by atoms with van der Waals surface area (Å²) in [6, 6.07) is 2.38. The van der Waals surface area contributed by atoms with Crippen molar-refractivity contribution < 1.29 is 14.9 Å². The average Bonchev–Trinajstić information content (AvgIpc) is 2.57. The van der Waals surface area contributed by atoms with Gasteiger partial charge in [-0.15, -0.1) is 0 Å². The molecule has 8 nitrogen and oxygen atoms in total. The molecule has 2 N–H and O–H groups in total. The number of aromatic nitrogens is 1. The van der Waals surface area contributed by atoms with Crippen LogP contribution in [0.5, 0.6) is 0 Å². The Morgan fingerprint density at radius 1 is 1.54 bits per heavy atom. The first kappa shape index (κ1) is 19.3. The van der Waals surface area contributed by atoms with Crippen molar-refractivity contribution in [1.82, 2.24) is 10.3 Å². The van der Waals surface area contributed by atoms with Crippen LogP contribution in [-0.4, -0.2) is 39.3 Å². The molecule has 1 heterocycles. The lowest BCUT2D eigenvalue weighted by molar-refractivity contribution is -0.520. The molecule has 1 atom stereocenters. The molecule has 0 aliphatic heterocycles. The number of oxime groups is 1. The number of nitrogens with zero attached hydrogens (tertiary/aromatic N) is 3. The molecular formula is C16H22N4O4. The Morgan fingerprint density at radius 2 is 2.25 bits per heavy atom. The molecule has 0 aliphatic rings. The zero-order chi connectivity index (χ0) is 18.1. The van der Waals surface area contributed by atoms with E-state index < -0.39 is 6.04 Å². The van der Waals surface area contributed by atoms with E-state index in [0.717, 1.165) is 0 Å². The Bertz CT molecular complexity index is 626. The maximum atomic E-state index is 12.0. The molecule has 0 saturated heterocycles. The molecule has 1 amide bonds. The predicted molar refractivity (Wildman–Crippen MR) is 89.8 cm³/mol. The fourth-order valence-corrected chi connectivity index (χ4v) is 2.30. The maximum Gasteiger partial charge on any atom is 0.253 e. The Kier molecular flexibility index (Phi) is 7.54. The van der Waals surface area contributed by atoms with E-state index in [0.29, 0.717) is 17.6 Å². The summed E-state index contributed by atoms with van der Waals surface area (Å²) in [4.78, 5) is 26.7. The third-order valence-electron chi connectivity index (χ3n) is 3.48. The number of hydrogen-bond acceptors (Lipinski definition) is 6. The number of rotatable bonds is 8. The second-order valence-electron chi connectivity index (χ2n) is 5.56. The number of hydrogen-bond donors (Lipinski definition) is 2. The van der Waals surface area contributed by atoms with Crippen LogP contribution in [0.3, 0.4) is 0 Å². The molecule has 1 aromatic heterocycles. The molecule has 0 aliphatic carbocycles. The van der Waals surface area contributed by atoms with Gasteiger partial charge in [0.2, 0.25) is 6.04 Å². The third kappa shape index (κ3) is 5.45. The summed E-state index contributed by atoms with van der Waals surface area (Å²) < 4.78 is 0. The van der Waals surface area contributed by atoms with Crippen LogP contribution >= 0.6 is 0 Å². The van der Waals surface area contributed by atoms with Gasteiger partial charge in [-0.3, -0.25) is 19.9 Å². The second kappa shape index (κ2) is 9.39. The van der Waals surface area contributed by atoms with Gasteiger partial charge in [-0.05, 0) is 24.6 Å². The van der Waals surface area contributed by atoms with Crippen molar-refractivity contribution in [2.24, 2.45) is 11.1 Å². The van der Waals surface area contributed by atoms with E-state index in [2.05, 4.69) is 15.5 Å². The van der Waals surface area contributed by atoms with Crippen molar-refractivity contribution in [3.8, 4) is 0 Å². The fraction of sp³-hybridized carbons (Fsp3) is 0.438. The van der Waals surface area contributed by atoms with Gasteiger partial charge in [-0.2, -0.15) is 0 Å². The SMILES string of the molecule is CC/C(=C\C(CNC(=O)c1cccnc1)=N\O)[C@H](C(C)C)[N+](=O)[O-]. The number of carbonyl (C=O) groups is 1. The molecule has 1 aromatic rings. The molecular weight excluding hydrogens is 312 g/mol. The molecule has 0 radical (unpaired) electrons. The van der Waals surface area contributed by atoms with Crippen LogP contribution in [0.2, 0.25) is 0 Å². The topological polar surface area (TPSA) is 118 Å². The summed E-state index contributed by atoms with van der Waals surface area (Å²) in [5.41, 5.74) is 1.06. The smallest absolute Gasteiger partial charge is 0.253 e. The van der Waals surface area contributed by atoms with E-state index in [1.807, 2.05) is 0 Å². The van der Waals surface area contributed by atoms with Gasteiger partial charge in [0.05, 0.1) is 17.8 Å². The molecule has 0 unspecified atom stereocenters. The molecule has 0 bridgehead atoms. The molecule has 0 aromatic carbocycles. The van der Waals surface area contributed by atoms with Gasteiger partial charge >= 0.3 is 0 Å². The largest absolute Gasteiger partial charge is 0.411 e. The zero-order valence-corrected chi connectivity index (χ0v) is 14.0.